The first-order valence-electron chi connectivity index (χ1n) is 12.2. The molecule has 2 bridgehead atoms. The van der Waals surface area contributed by atoms with Gasteiger partial charge in [-0.15, -0.1) is 0 Å². The minimum absolute atomic E-state index is 0.0217. The zero-order valence-corrected chi connectivity index (χ0v) is 21.0. The third-order valence-electron chi connectivity index (χ3n) is 7.28. The van der Waals surface area contributed by atoms with E-state index >= 15 is 0 Å². The lowest BCUT2D eigenvalue weighted by atomic mass is 9.93. The van der Waals surface area contributed by atoms with E-state index in [0.29, 0.717) is 29.8 Å². The molecule has 6 nitrogen and oxygen atoms in total. The lowest BCUT2D eigenvalue weighted by molar-refractivity contribution is -0.123. The molecule has 3 aromatic rings. The quantitative estimate of drug-likeness (QED) is 0.404. The van der Waals surface area contributed by atoms with Crippen LogP contribution < -0.4 is 0 Å². The molecule has 3 atom stereocenters. The van der Waals surface area contributed by atoms with Crippen LogP contribution in [0.15, 0.2) is 65.8 Å². The van der Waals surface area contributed by atoms with Crippen molar-refractivity contribution in [2.24, 2.45) is 5.92 Å². The fraction of sp³-hybridized carbons (Fsp3) is 0.370. The van der Waals surface area contributed by atoms with E-state index in [1.807, 2.05) is 0 Å². The number of Topliss-reactive ketones (excluding diaryl/α,β-unsaturated/α-hetero) is 1. The molecular formula is C27H26F3N3O3S. The molecule has 0 unspecified atom stereocenters. The summed E-state index contributed by atoms with van der Waals surface area (Å²) in [6, 6.07) is 11.2. The van der Waals surface area contributed by atoms with Crippen molar-refractivity contribution in [3.8, 4) is 11.3 Å². The molecule has 2 aromatic carbocycles. The van der Waals surface area contributed by atoms with Crippen molar-refractivity contribution in [2.45, 2.75) is 61.9 Å². The van der Waals surface area contributed by atoms with Crippen molar-refractivity contribution in [2.75, 3.05) is 0 Å². The average molecular weight is 530 g/mol. The molecule has 0 N–H and O–H groups in total. The molecule has 194 valence electrons. The number of hydrogen-bond acceptors (Lipinski definition) is 5. The number of aromatic nitrogens is 2. The number of rotatable bonds is 8. The molecule has 1 saturated heterocycles. The summed E-state index contributed by atoms with van der Waals surface area (Å²) >= 11 is 0. The summed E-state index contributed by atoms with van der Waals surface area (Å²) < 4.78 is 68.5. The fourth-order valence-electron chi connectivity index (χ4n) is 5.45. The molecule has 2 heterocycles. The van der Waals surface area contributed by atoms with E-state index in [9.17, 15) is 26.4 Å². The molecule has 1 saturated carbocycles. The number of carbonyl (C=O) groups excluding carboxylic acids is 1. The number of halogens is 3. The van der Waals surface area contributed by atoms with Gasteiger partial charge in [0.25, 0.3) is 5.92 Å². The Morgan fingerprint density at radius 1 is 1.05 bits per heavy atom. The van der Waals surface area contributed by atoms with E-state index in [1.54, 1.807) is 18.2 Å². The molecule has 1 aliphatic carbocycles. The lowest BCUT2D eigenvalue weighted by Crippen LogP contribution is -2.49. The Bertz CT molecular complexity index is 1410. The molecule has 2 aliphatic rings. The Balaban J connectivity index is 1.31. The van der Waals surface area contributed by atoms with Gasteiger partial charge in [0.1, 0.15) is 12.1 Å². The summed E-state index contributed by atoms with van der Waals surface area (Å²) in [6.07, 6.45) is 3.88. The first-order chi connectivity index (χ1) is 17.5. The second-order valence-corrected chi connectivity index (χ2v) is 11.6. The number of carbonyl (C=O) groups is 1. The van der Waals surface area contributed by atoms with E-state index in [4.69, 9.17) is 0 Å². The Morgan fingerprint density at radius 3 is 2.43 bits per heavy atom. The van der Waals surface area contributed by atoms with Crippen molar-refractivity contribution in [3.63, 3.8) is 0 Å². The topological polar surface area (TPSA) is 80.2 Å². The fourth-order valence-corrected chi connectivity index (χ4v) is 7.34. The highest BCUT2D eigenvalue weighted by Gasteiger charge is 2.53. The van der Waals surface area contributed by atoms with Gasteiger partial charge in [-0.3, -0.25) is 4.79 Å². The molecular weight excluding hydrogens is 503 g/mol. The van der Waals surface area contributed by atoms with Gasteiger partial charge in [-0.2, -0.15) is 4.31 Å². The molecule has 0 radical (unpaired) electrons. The van der Waals surface area contributed by atoms with Crippen molar-refractivity contribution in [3.05, 3.63) is 78.0 Å². The van der Waals surface area contributed by atoms with Gasteiger partial charge in [-0.1, -0.05) is 24.3 Å². The van der Waals surface area contributed by atoms with Crippen LogP contribution in [0.25, 0.3) is 11.3 Å². The van der Waals surface area contributed by atoms with Crippen LogP contribution in [-0.4, -0.2) is 40.6 Å². The standard InChI is InChI=1S/C27H26F3N3O3S/c1-27(29,30)19-5-2-17(3-6-19)24-15-21(31-16-32-24)9-13-25(34)26-18-4-10-22(14-18)33(26)37(35,36)23-11-7-20(28)8-12-23/h2-3,5-8,11-12,15-16,18,22,26H,4,9-10,13-14H2,1H3/t18-,22+,26-/m0/s1. The van der Waals surface area contributed by atoms with Crippen LogP contribution in [0.5, 0.6) is 0 Å². The zero-order chi connectivity index (χ0) is 26.4. The largest absolute Gasteiger partial charge is 0.298 e. The van der Waals surface area contributed by atoms with Crippen molar-refractivity contribution in [1.82, 2.24) is 14.3 Å². The van der Waals surface area contributed by atoms with Crippen LogP contribution in [0.2, 0.25) is 0 Å². The van der Waals surface area contributed by atoms with Gasteiger partial charge in [-0.05, 0) is 61.9 Å². The highest BCUT2D eigenvalue weighted by atomic mass is 32.2. The van der Waals surface area contributed by atoms with Crippen molar-refractivity contribution in [1.29, 1.82) is 0 Å². The second-order valence-electron chi connectivity index (χ2n) is 9.79. The van der Waals surface area contributed by atoms with Crippen LogP contribution in [0, 0.1) is 11.7 Å². The van der Waals surface area contributed by atoms with Crippen molar-refractivity contribution >= 4 is 15.8 Å². The Kier molecular flexibility index (Phi) is 6.66. The molecule has 1 aliphatic heterocycles. The minimum atomic E-state index is -3.95. The number of sulfonamides is 1. The molecule has 37 heavy (non-hydrogen) atoms. The van der Waals surface area contributed by atoms with Crippen molar-refractivity contribution < 1.29 is 26.4 Å². The third-order valence-corrected chi connectivity index (χ3v) is 9.23. The molecule has 1 aromatic heterocycles. The predicted molar refractivity (Wildman–Crippen MR) is 131 cm³/mol. The normalized spacial score (nSPS) is 21.9. The number of piperidine rings is 1. The SMILES string of the molecule is CC(F)(F)c1ccc(-c2cc(CCC(=O)[C@@H]3[C@H]4CC[C@H](C4)N3S(=O)(=O)c3ccc(F)cc3)ncn2)cc1. The minimum Gasteiger partial charge on any atom is -0.298 e. The predicted octanol–water partition coefficient (Wildman–Crippen LogP) is 5.14. The molecule has 0 spiro atoms. The smallest absolute Gasteiger partial charge is 0.270 e. The first-order valence-corrected chi connectivity index (χ1v) is 13.6. The number of fused-ring (bicyclic) bond motifs is 2. The maximum Gasteiger partial charge on any atom is 0.270 e. The van der Waals surface area contributed by atoms with Crippen LogP contribution >= 0.6 is 0 Å². The van der Waals surface area contributed by atoms with E-state index in [-0.39, 0.29) is 41.0 Å². The summed E-state index contributed by atoms with van der Waals surface area (Å²) in [5, 5.41) is 0. The second kappa shape index (κ2) is 9.64. The Labute approximate surface area is 213 Å². The zero-order valence-electron chi connectivity index (χ0n) is 20.1. The molecule has 10 heteroatoms. The number of ketones is 1. The highest BCUT2D eigenvalue weighted by Crippen LogP contribution is 2.46. The van der Waals surface area contributed by atoms with E-state index in [1.165, 1.54) is 34.9 Å². The van der Waals surface area contributed by atoms with E-state index in [2.05, 4.69) is 9.97 Å². The maximum atomic E-state index is 13.5. The summed E-state index contributed by atoms with van der Waals surface area (Å²) in [4.78, 5) is 21.8. The van der Waals surface area contributed by atoms with Crippen LogP contribution in [0.1, 0.15) is 43.9 Å². The van der Waals surface area contributed by atoms with Crippen LogP contribution in [-0.2, 0) is 27.2 Å². The van der Waals surface area contributed by atoms with Gasteiger partial charge in [0.15, 0.2) is 5.78 Å². The summed E-state index contributed by atoms with van der Waals surface area (Å²) in [7, 11) is -3.95. The number of hydrogen-bond donors (Lipinski definition) is 0. The van der Waals surface area contributed by atoms with Gasteiger partial charge in [-0.25, -0.2) is 31.6 Å². The highest BCUT2D eigenvalue weighted by molar-refractivity contribution is 7.89. The summed E-state index contributed by atoms with van der Waals surface area (Å²) in [5.74, 6) is -3.68. The molecule has 0 amide bonds. The Hall–Kier alpha value is -3.11. The van der Waals surface area contributed by atoms with Gasteiger partial charge in [0.2, 0.25) is 10.0 Å². The van der Waals surface area contributed by atoms with Crippen LogP contribution in [0.4, 0.5) is 13.2 Å². The molecule has 5 rings (SSSR count). The lowest BCUT2D eigenvalue weighted by Gasteiger charge is -2.33. The van der Waals surface area contributed by atoms with Crippen LogP contribution in [0.3, 0.4) is 0 Å². The number of benzene rings is 2. The van der Waals surface area contributed by atoms with Gasteiger partial charge >= 0.3 is 0 Å². The van der Waals surface area contributed by atoms with Gasteiger partial charge in [0, 0.05) is 36.2 Å². The number of alkyl halides is 2. The monoisotopic (exact) mass is 529 g/mol. The maximum absolute atomic E-state index is 13.5. The first kappa shape index (κ1) is 25.5. The van der Waals surface area contributed by atoms with E-state index < -0.39 is 27.8 Å². The summed E-state index contributed by atoms with van der Waals surface area (Å²) in [5.41, 5.74) is 1.69. The molecule has 2 fully saturated rings. The van der Waals surface area contributed by atoms with Gasteiger partial charge < -0.3 is 0 Å². The Morgan fingerprint density at radius 2 is 1.76 bits per heavy atom. The number of aryl methyl sites for hydroxylation is 1. The number of nitrogens with zero attached hydrogens (tertiary/aromatic N) is 3. The van der Waals surface area contributed by atoms with Gasteiger partial charge in [0.05, 0.1) is 16.6 Å². The third kappa shape index (κ3) is 5.04. The summed E-state index contributed by atoms with van der Waals surface area (Å²) in [6.45, 7) is 0.837. The van der Waals surface area contributed by atoms with E-state index in [0.717, 1.165) is 25.5 Å². The average Bonchev–Trinajstić information content (AvgIpc) is 3.50.